The average Bonchev–Trinajstić information content (AvgIpc) is 2.88. The molecule has 5 heteroatoms. The van der Waals surface area contributed by atoms with Gasteiger partial charge in [0, 0.05) is 22.6 Å². The van der Waals surface area contributed by atoms with E-state index in [0.717, 1.165) is 22.8 Å². The second kappa shape index (κ2) is 6.50. The van der Waals surface area contributed by atoms with Crippen molar-refractivity contribution in [3.8, 4) is 0 Å². The summed E-state index contributed by atoms with van der Waals surface area (Å²) < 4.78 is 15.1. The third-order valence-electron chi connectivity index (χ3n) is 3.39. The monoisotopic (exact) mass is 313 g/mol. The van der Waals surface area contributed by atoms with Crippen molar-refractivity contribution in [2.24, 2.45) is 0 Å². The molecule has 1 aromatic rings. The number of carbonyl (C=O) groups excluding carboxylic acids is 1. The molecule has 0 bridgehead atoms. The number of halogens is 1. The van der Waals surface area contributed by atoms with Crippen LogP contribution in [0.5, 0.6) is 0 Å². The van der Waals surface area contributed by atoms with Crippen molar-refractivity contribution in [1.82, 2.24) is 4.31 Å². The first kappa shape index (κ1) is 15.9. The minimum atomic E-state index is -0.436. The minimum Gasteiger partial charge on any atom is -0.297 e. The number of carbonyl (C=O) groups is 1. The second-order valence-electron chi connectivity index (χ2n) is 5.61. The lowest BCUT2D eigenvalue weighted by Crippen LogP contribution is -2.27. The Morgan fingerprint density at radius 3 is 2.65 bits per heavy atom. The topological polar surface area (TPSA) is 20.3 Å². The van der Waals surface area contributed by atoms with Crippen LogP contribution in [0.2, 0.25) is 0 Å². The van der Waals surface area contributed by atoms with Gasteiger partial charge >= 0.3 is 0 Å². The molecule has 0 amide bonds. The van der Waals surface area contributed by atoms with Crippen LogP contribution in [-0.4, -0.2) is 34.4 Å². The SMILES string of the molecule is CC(=O)C1SCCN1Sc1ccc(C(C)(C)CF)cc1. The van der Waals surface area contributed by atoms with E-state index in [-0.39, 0.29) is 17.8 Å². The van der Waals surface area contributed by atoms with Crippen LogP contribution in [0.1, 0.15) is 26.3 Å². The predicted octanol–water partition coefficient (Wildman–Crippen LogP) is 3.90. The van der Waals surface area contributed by atoms with E-state index in [4.69, 9.17) is 0 Å². The molecule has 0 aliphatic carbocycles. The summed E-state index contributed by atoms with van der Waals surface area (Å²) in [5, 5.41) is -0.0399. The van der Waals surface area contributed by atoms with Crippen molar-refractivity contribution >= 4 is 29.5 Å². The summed E-state index contributed by atoms with van der Waals surface area (Å²) >= 11 is 3.31. The summed E-state index contributed by atoms with van der Waals surface area (Å²) in [5.74, 6) is 1.19. The van der Waals surface area contributed by atoms with Crippen LogP contribution in [0.25, 0.3) is 0 Å². The third kappa shape index (κ3) is 3.57. The highest BCUT2D eigenvalue weighted by atomic mass is 32.2. The van der Waals surface area contributed by atoms with E-state index in [9.17, 15) is 9.18 Å². The van der Waals surface area contributed by atoms with Crippen molar-refractivity contribution in [1.29, 1.82) is 0 Å². The van der Waals surface area contributed by atoms with E-state index in [1.54, 1.807) is 30.6 Å². The molecule has 2 rings (SSSR count). The largest absolute Gasteiger partial charge is 0.297 e. The van der Waals surface area contributed by atoms with Crippen LogP contribution in [0.4, 0.5) is 4.39 Å². The van der Waals surface area contributed by atoms with Gasteiger partial charge in [0.25, 0.3) is 0 Å². The summed E-state index contributed by atoms with van der Waals surface area (Å²) in [6, 6.07) is 7.98. The van der Waals surface area contributed by atoms with Gasteiger partial charge in [-0.25, -0.2) is 4.31 Å². The van der Waals surface area contributed by atoms with E-state index in [1.165, 1.54) is 0 Å². The number of hydrogen-bond acceptors (Lipinski definition) is 4. The number of nitrogens with zero attached hydrogens (tertiary/aromatic N) is 1. The Bertz CT molecular complexity index is 475. The molecule has 20 heavy (non-hydrogen) atoms. The highest BCUT2D eigenvalue weighted by molar-refractivity contribution is 8.03. The van der Waals surface area contributed by atoms with Crippen LogP contribution in [0.3, 0.4) is 0 Å². The van der Waals surface area contributed by atoms with E-state index < -0.39 is 5.41 Å². The molecule has 1 atom stereocenters. The highest BCUT2D eigenvalue weighted by Gasteiger charge is 2.29. The average molecular weight is 313 g/mol. The summed E-state index contributed by atoms with van der Waals surface area (Å²) in [5.41, 5.74) is 0.567. The second-order valence-corrected chi connectivity index (χ2v) is 7.92. The molecule has 1 heterocycles. The number of thioether (sulfide) groups is 1. The lowest BCUT2D eigenvalue weighted by molar-refractivity contribution is -0.117. The lowest BCUT2D eigenvalue weighted by Gasteiger charge is -2.22. The van der Waals surface area contributed by atoms with Gasteiger partial charge in [-0.15, -0.1) is 11.8 Å². The van der Waals surface area contributed by atoms with Crippen molar-refractivity contribution in [2.45, 2.75) is 36.5 Å². The quantitative estimate of drug-likeness (QED) is 0.768. The molecule has 1 fully saturated rings. The summed E-state index contributed by atoms with van der Waals surface area (Å²) in [6.07, 6.45) is 0. The van der Waals surface area contributed by atoms with Gasteiger partial charge in [0.1, 0.15) is 5.37 Å². The molecular weight excluding hydrogens is 293 g/mol. The Labute approximate surface area is 128 Å². The zero-order valence-corrected chi connectivity index (χ0v) is 13.7. The van der Waals surface area contributed by atoms with E-state index in [2.05, 4.69) is 4.31 Å². The molecule has 0 aromatic heterocycles. The molecule has 1 aliphatic heterocycles. The van der Waals surface area contributed by atoms with Crippen molar-refractivity contribution in [2.75, 3.05) is 19.0 Å². The molecule has 0 N–H and O–H groups in total. The van der Waals surface area contributed by atoms with E-state index in [0.29, 0.717) is 0 Å². The lowest BCUT2D eigenvalue weighted by atomic mass is 9.86. The van der Waals surface area contributed by atoms with Crippen LogP contribution in [0.15, 0.2) is 29.2 Å². The Morgan fingerprint density at radius 2 is 2.10 bits per heavy atom. The molecule has 1 aliphatic rings. The number of ketones is 1. The molecule has 0 radical (unpaired) electrons. The number of benzene rings is 1. The van der Waals surface area contributed by atoms with Gasteiger partial charge in [-0.2, -0.15) is 0 Å². The van der Waals surface area contributed by atoms with Crippen molar-refractivity contribution in [3.05, 3.63) is 29.8 Å². The first-order valence-electron chi connectivity index (χ1n) is 6.67. The molecule has 0 saturated carbocycles. The minimum absolute atomic E-state index is 0.0399. The summed E-state index contributed by atoms with van der Waals surface area (Å²) in [7, 11) is 0. The number of rotatable bonds is 5. The number of Topliss-reactive ketones (excluding diaryl/α,β-unsaturated/α-hetero) is 1. The Balaban J connectivity index is 2.06. The zero-order valence-electron chi connectivity index (χ0n) is 12.1. The molecular formula is C15H20FNOS2. The van der Waals surface area contributed by atoms with Gasteiger partial charge < -0.3 is 0 Å². The molecule has 1 saturated heterocycles. The van der Waals surface area contributed by atoms with Gasteiger partial charge in [-0.05, 0) is 36.6 Å². The molecule has 1 aromatic carbocycles. The maximum absolute atomic E-state index is 13.0. The van der Waals surface area contributed by atoms with Gasteiger partial charge in [0.15, 0.2) is 5.78 Å². The maximum atomic E-state index is 13.0. The number of hydrogen-bond donors (Lipinski definition) is 0. The van der Waals surface area contributed by atoms with Gasteiger partial charge in [0.2, 0.25) is 0 Å². The fourth-order valence-corrected chi connectivity index (χ4v) is 4.46. The predicted molar refractivity (Wildman–Crippen MR) is 84.9 cm³/mol. The van der Waals surface area contributed by atoms with Crippen molar-refractivity contribution in [3.63, 3.8) is 0 Å². The molecule has 0 spiro atoms. The Kier molecular flexibility index (Phi) is 5.15. The van der Waals surface area contributed by atoms with E-state index in [1.807, 2.05) is 38.1 Å². The maximum Gasteiger partial charge on any atom is 0.157 e. The van der Waals surface area contributed by atoms with Crippen LogP contribution >= 0.6 is 23.7 Å². The summed E-state index contributed by atoms with van der Waals surface area (Å²) in [4.78, 5) is 12.6. The standard InChI is InChI=1S/C15H20FNOS2/c1-11(18)14-17(8-9-19-14)20-13-6-4-12(5-7-13)15(2,3)10-16/h4-7,14H,8-10H2,1-3H3. The van der Waals surface area contributed by atoms with Crippen LogP contribution in [0, 0.1) is 0 Å². The zero-order chi connectivity index (χ0) is 14.8. The molecule has 110 valence electrons. The van der Waals surface area contributed by atoms with Crippen LogP contribution < -0.4 is 0 Å². The molecule has 2 nitrogen and oxygen atoms in total. The molecule has 1 unspecified atom stereocenters. The van der Waals surface area contributed by atoms with Crippen LogP contribution in [-0.2, 0) is 10.2 Å². The van der Waals surface area contributed by atoms with Gasteiger partial charge in [-0.1, -0.05) is 26.0 Å². The Morgan fingerprint density at radius 1 is 1.45 bits per heavy atom. The number of alkyl halides is 1. The van der Waals surface area contributed by atoms with Crippen molar-refractivity contribution < 1.29 is 9.18 Å². The first-order chi connectivity index (χ1) is 9.44. The summed E-state index contributed by atoms with van der Waals surface area (Å²) in [6.45, 7) is 5.99. The fraction of sp³-hybridized carbons (Fsp3) is 0.533. The fourth-order valence-electron chi connectivity index (χ4n) is 2.05. The van der Waals surface area contributed by atoms with Gasteiger partial charge in [-0.3, -0.25) is 9.18 Å². The normalized spacial score (nSPS) is 20.3. The highest BCUT2D eigenvalue weighted by Crippen LogP contribution is 2.35. The first-order valence-corrected chi connectivity index (χ1v) is 8.49. The third-order valence-corrected chi connectivity index (χ3v) is 5.95. The Hall–Kier alpha value is -0.520. The smallest absolute Gasteiger partial charge is 0.157 e. The van der Waals surface area contributed by atoms with E-state index >= 15 is 0 Å². The van der Waals surface area contributed by atoms with Gasteiger partial charge in [0.05, 0.1) is 6.67 Å².